The van der Waals surface area contributed by atoms with Gasteiger partial charge in [0.15, 0.2) is 0 Å². The van der Waals surface area contributed by atoms with Gasteiger partial charge in [0.1, 0.15) is 5.75 Å². The van der Waals surface area contributed by atoms with Crippen molar-refractivity contribution in [3.8, 4) is 5.75 Å². The Bertz CT molecular complexity index is 498. The quantitative estimate of drug-likeness (QED) is 0.837. The molecule has 1 saturated heterocycles. The Hall–Kier alpha value is -1.26. The Kier molecular flexibility index (Phi) is 7.18. The van der Waals surface area contributed by atoms with Crippen LogP contribution in [0.2, 0.25) is 0 Å². The highest BCUT2D eigenvalue weighted by atomic mass is 35.5. The van der Waals surface area contributed by atoms with Gasteiger partial charge >= 0.3 is 0 Å². The molecule has 0 spiro atoms. The molecule has 3 rings (SSSR count). The van der Waals surface area contributed by atoms with Crippen LogP contribution >= 0.6 is 12.4 Å². The molecule has 5 heteroatoms. The first kappa shape index (κ1) is 18.1. The lowest BCUT2D eigenvalue weighted by molar-refractivity contribution is 0.0950. The van der Waals surface area contributed by atoms with Crippen LogP contribution in [0.15, 0.2) is 24.3 Å². The van der Waals surface area contributed by atoms with Gasteiger partial charge in [-0.05, 0) is 75.7 Å². The van der Waals surface area contributed by atoms with Crippen LogP contribution in [0.25, 0.3) is 0 Å². The Morgan fingerprint density at radius 1 is 1.26 bits per heavy atom. The molecule has 1 amide bonds. The van der Waals surface area contributed by atoms with Crippen molar-refractivity contribution in [2.45, 2.75) is 44.6 Å². The van der Waals surface area contributed by atoms with Gasteiger partial charge in [-0.25, -0.2) is 0 Å². The van der Waals surface area contributed by atoms with Crippen LogP contribution in [0.5, 0.6) is 5.75 Å². The predicted octanol–water partition coefficient (Wildman–Crippen LogP) is 3.16. The molecule has 0 bridgehead atoms. The van der Waals surface area contributed by atoms with Gasteiger partial charge in [-0.3, -0.25) is 4.79 Å². The number of amides is 1. The van der Waals surface area contributed by atoms with E-state index < -0.39 is 0 Å². The van der Waals surface area contributed by atoms with E-state index in [9.17, 15) is 4.79 Å². The average Bonchev–Trinajstić information content (AvgIpc) is 3.21. The fourth-order valence-corrected chi connectivity index (χ4v) is 3.36. The molecule has 23 heavy (non-hydrogen) atoms. The van der Waals surface area contributed by atoms with Gasteiger partial charge in [0.25, 0.3) is 5.91 Å². The molecule has 128 valence electrons. The SMILES string of the molecule is Cl.O=C(NCCC1CCNC1)c1cccc(OC2CCCC2)c1. The van der Waals surface area contributed by atoms with E-state index in [1.807, 2.05) is 24.3 Å². The van der Waals surface area contributed by atoms with E-state index >= 15 is 0 Å². The minimum Gasteiger partial charge on any atom is -0.490 e. The van der Waals surface area contributed by atoms with Gasteiger partial charge < -0.3 is 15.4 Å². The molecule has 2 N–H and O–H groups in total. The van der Waals surface area contributed by atoms with Crippen molar-refractivity contribution in [1.82, 2.24) is 10.6 Å². The first-order valence-electron chi connectivity index (χ1n) is 8.57. The summed E-state index contributed by atoms with van der Waals surface area (Å²) in [5.41, 5.74) is 0.694. The number of rotatable bonds is 6. The highest BCUT2D eigenvalue weighted by Crippen LogP contribution is 2.24. The molecule has 4 nitrogen and oxygen atoms in total. The summed E-state index contributed by atoms with van der Waals surface area (Å²) in [6.45, 7) is 2.94. The lowest BCUT2D eigenvalue weighted by Crippen LogP contribution is -2.26. The maximum atomic E-state index is 12.2. The normalized spacial score (nSPS) is 21.0. The van der Waals surface area contributed by atoms with E-state index in [1.165, 1.54) is 19.3 Å². The highest BCUT2D eigenvalue weighted by molar-refractivity contribution is 5.94. The summed E-state index contributed by atoms with van der Waals surface area (Å²) in [5, 5.41) is 6.38. The van der Waals surface area contributed by atoms with E-state index in [0.29, 0.717) is 17.6 Å². The van der Waals surface area contributed by atoms with Crippen molar-refractivity contribution in [3.63, 3.8) is 0 Å². The van der Waals surface area contributed by atoms with Crippen LogP contribution in [0.4, 0.5) is 0 Å². The zero-order valence-electron chi connectivity index (χ0n) is 13.6. The second-order valence-corrected chi connectivity index (χ2v) is 6.46. The van der Waals surface area contributed by atoms with Gasteiger partial charge in [0.05, 0.1) is 6.10 Å². The molecule has 0 aromatic heterocycles. The summed E-state index contributed by atoms with van der Waals surface area (Å²) in [4.78, 5) is 12.2. The molecule has 2 fully saturated rings. The maximum Gasteiger partial charge on any atom is 0.251 e. The van der Waals surface area contributed by atoms with Crippen molar-refractivity contribution in [2.24, 2.45) is 5.92 Å². The van der Waals surface area contributed by atoms with E-state index in [1.54, 1.807) is 0 Å². The Morgan fingerprint density at radius 2 is 2.09 bits per heavy atom. The largest absolute Gasteiger partial charge is 0.490 e. The van der Waals surface area contributed by atoms with Gasteiger partial charge in [-0.15, -0.1) is 12.4 Å². The number of hydrogen-bond acceptors (Lipinski definition) is 3. The molecule has 1 aliphatic heterocycles. The summed E-state index contributed by atoms with van der Waals surface area (Å²) in [6.07, 6.45) is 7.37. The molecule has 1 atom stereocenters. The lowest BCUT2D eigenvalue weighted by Gasteiger charge is -2.14. The number of nitrogens with one attached hydrogen (secondary N) is 2. The summed E-state index contributed by atoms with van der Waals surface area (Å²) in [6, 6.07) is 7.57. The van der Waals surface area contributed by atoms with Crippen molar-refractivity contribution in [2.75, 3.05) is 19.6 Å². The predicted molar refractivity (Wildman–Crippen MR) is 94.5 cm³/mol. The molecule has 1 aromatic carbocycles. The molecule has 1 aromatic rings. The number of carbonyl (C=O) groups is 1. The molecule has 2 aliphatic rings. The molecule has 1 saturated carbocycles. The van der Waals surface area contributed by atoms with Crippen LogP contribution in [0.3, 0.4) is 0 Å². The van der Waals surface area contributed by atoms with E-state index in [0.717, 1.165) is 44.6 Å². The van der Waals surface area contributed by atoms with E-state index in [4.69, 9.17) is 4.74 Å². The molecular formula is C18H27ClN2O2. The van der Waals surface area contributed by atoms with Gasteiger partial charge in [0, 0.05) is 12.1 Å². The lowest BCUT2D eigenvalue weighted by atomic mass is 10.1. The third-order valence-electron chi connectivity index (χ3n) is 4.70. The summed E-state index contributed by atoms with van der Waals surface area (Å²) in [7, 11) is 0. The summed E-state index contributed by atoms with van der Waals surface area (Å²) >= 11 is 0. The second kappa shape index (κ2) is 9.14. The molecular weight excluding hydrogens is 312 g/mol. The molecule has 1 aliphatic carbocycles. The van der Waals surface area contributed by atoms with Crippen LogP contribution < -0.4 is 15.4 Å². The van der Waals surface area contributed by atoms with E-state index in [2.05, 4.69) is 10.6 Å². The monoisotopic (exact) mass is 338 g/mol. The minimum absolute atomic E-state index is 0. The number of benzene rings is 1. The third kappa shape index (κ3) is 5.40. The first-order valence-corrected chi connectivity index (χ1v) is 8.57. The van der Waals surface area contributed by atoms with Crippen molar-refractivity contribution in [3.05, 3.63) is 29.8 Å². The summed E-state index contributed by atoms with van der Waals surface area (Å²) < 4.78 is 5.96. The molecule has 1 unspecified atom stereocenters. The van der Waals surface area contributed by atoms with Gasteiger partial charge in [-0.1, -0.05) is 6.07 Å². The van der Waals surface area contributed by atoms with Gasteiger partial charge in [-0.2, -0.15) is 0 Å². The smallest absolute Gasteiger partial charge is 0.251 e. The topological polar surface area (TPSA) is 50.4 Å². The van der Waals surface area contributed by atoms with Crippen LogP contribution in [-0.4, -0.2) is 31.6 Å². The van der Waals surface area contributed by atoms with Crippen LogP contribution in [-0.2, 0) is 0 Å². The molecule has 0 radical (unpaired) electrons. The van der Waals surface area contributed by atoms with Crippen molar-refractivity contribution < 1.29 is 9.53 Å². The average molecular weight is 339 g/mol. The number of carbonyl (C=O) groups excluding carboxylic acids is 1. The van der Waals surface area contributed by atoms with Crippen LogP contribution in [0, 0.1) is 5.92 Å². The minimum atomic E-state index is 0. The standard InChI is InChI=1S/C18H26N2O2.ClH/c21-18(20-11-9-14-8-10-19-13-14)15-4-3-7-17(12-15)22-16-5-1-2-6-16;/h3-4,7,12,14,16,19H,1-2,5-6,8-11,13H2,(H,20,21);1H. The second-order valence-electron chi connectivity index (χ2n) is 6.46. The summed E-state index contributed by atoms with van der Waals surface area (Å²) in [5.74, 6) is 1.53. The van der Waals surface area contributed by atoms with Crippen LogP contribution in [0.1, 0.15) is 48.9 Å². The first-order chi connectivity index (χ1) is 10.8. The fraction of sp³-hybridized carbons (Fsp3) is 0.611. The number of halogens is 1. The maximum absolute atomic E-state index is 12.2. The Morgan fingerprint density at radius 3 is 2.83 bits per heavy atom. The van der Waals surface area contributed by atoms with Crippen molar-refractivity contribution in [1.29, 1.82) is 0 Å². The highest BCUT2D eigenvalue weighted by Gasteiger charge is 2.17. The Labute approximate surface area is 144 Å². The zero-order valence-corrected chi connectivity index (χ0v) is 14.4. The zero-order chi connectivity index (χ0) is 15.2. The number of hydrogen-bond donors (Lipinski definition) is 2. The van der Waals surface area contributed by atoms with Crippen molar-refractivity contribution >= 4 is 18.3 Å². The van der Waals surface area contributed by atoms with Gasteiger partial charge in [0.2, 0.25) is 0 Å². The third-order valence-corrected chi connectivity index (χ3v) is 4.70. The Balaban J connectivity index is 0.00000192. The fourth-order valence-electron chi connectivity index (χ4n) is 3.36. The number of ether oxygens (including phenoxy) is 1. The van der Waals surface area contributed by atoms with E-state index in [-0.39, 0.29) is 18.3 Å². The molecule has 1 heterocycles.